The Morgan fingerprint density at radius 2 is 2.00 bits per heavy atom. The molecule has 0 unspecified atom stereocenters. The van der Waals surface area contributed by atoms with Crippen LogP contribution in [0.1, 0.15) is 0 Å². The second-order valence-electron chi connectivity index (χ2n) is 4.03. The van der Waals surface area contributed by atoms with E-state index in [1.54, 1.807) is 6.07 Å². The molecule has 0 atom stereocenters. The van der Waals surface area contributed by atoms with Crippen molar-refractivity contribution in [3.63, 3.8) is 0 Å². The second kappa shape index (κ2) is 4.34. The number of aromatic nitrogens is 4. The van der Waals surface area contributed by atoms with Crippen LogP contribution >= 0.6 is 0 Å². The van der Waals surface area contributed by atoms with Gasteiger partial charge < -0.3 is 9.72 Å². The first-order chi connectivity index (χ1) is 9.60. The lowest BCUT2D eigenvalue weighted by Gasteiger charge is -2.06. The lowest BCUT2D eigenvalue weighted by atomic mass is 10.2. The molecular formula is C12H9FN4O3. The van der Waals surface area contributed by atoms with Crippen molar-refractivity contribution in [2.45, 2.75) is 0 Å². The fourth-order valence-electron chi connectivity index (χ4n) is 1.96. The number of benzene rings is 1. The first kappa shape index (κ1) is 12.2. The van der Waals surface area contributed by atoms with Crippen molar-refractivity contribution in [3.8, 4) is 17.1 Å². The average Bonchev–Trinajstić information content (AvgIpc) is 2.81. The molecule has 3 aromatic rings. The molecule has 7 nitrogen and oxygen atoms in total. The number of nitrogens with zero attached hydrogens (tertiary/aromatic N) is 1. The summed E-state index contributed by atoms with van der Waals surface area (Å²) in [6.45, 7) is 0. The summed E-state index contributed by atoms with van der Waals surface area (Å²) in [5, 5.41) is 0. The van der Waals surface area contributed by atoms with E-state index in [9.17, 15) is 14.0 Å². The summed E-state index contributed by atoms with van der Waals surface area (Å²) in [4.78, 5) is 33.9. The molecule has 0 radical (unpaired) electrons. The molecule has 0 fully saturated rings. The van der Waals surface area contributed by atoms with Gasteiger partial charge in [0.2, 0.25) is 0 Å². The van der Waals surface area contributed by atoms with Crippen LogP contribution in [0.25, 0.3) is 22.6 Å². The van der Waals surface area contributed by atoms with Crippen molar-refractivity contribution < 1.29 is 9.13 Å². The third-order valence-corrected chi connectivity index (χ3v) is 2.82. The van der Waals surface area contributed by atoms with Gasteiger partial charge in [0.25, 0.3) is 5.56 Å². The lowest BCUT2D eigenvalue weighted by molar-refractivity contribution is 0.413. The highest BCUT2D eigenvalue weighted by molar-refractivity contribution is 5.77. The van der Waals surface area contributed by atoms with Crippen LogP contribution in [-0.2, 0) is 0 Å². The van der Waals surface area contributed by atoms with E-state index < -0.39 is 17.1 Å². The molecule has 102 valence electrons. The number of rotatable bonds is 2. The summed E-state index contributed by atoms with van der Waals surface area (Å²) >= 11 is 0. The van der Waals surface area contributed by atoms with Gasteiger partial charge >= 0.3 is 5.69 Å². The number of fused-ring (bicyclic) bond motifs is 1. The van der Waals surface area contributed by atoms with Crippen molar-refractivity contribution in [1.82, 2.24) is 19.9 Å². The van der Waals surface area contributed by atoms with Crippen LogP contribution in [0, 0.1) is 5.82 Å². The molecule has 1 aromatic carbocycles. The third kappa shape index (κ3) is 1.78. The summed E-state index contributed by atoms with van der Waals surface area (Å²) in [5.41, 5.74) is -1.10. The summed E-state index contributed by atoms with van der Waals surface area (Å²) in [6, 6.07) is 4.31. The van der Waals surface area contributed by atoms with Crippen molar-refractivity contribution >= 4 is 11.2 Å². The van der Waals surface area contributed by atoms with Crippen LogP contribution in [0.3, 0.4) is 0 Å². The van der Waals surface area contributed by atoms with Crippen molar-refractivity contribution in [3.05, 3.63) is 44.9 Å². The number of aromatic amines is 3. The summed E-state index contributed by atoms with van der Waals surface area (Å²) < 4.78 is 19.0. The Kier molecular flexibility index (Phi) is 2.63. The van der Waals surface area contributed by atoms with Gasteiger partial charge in [-0.1, -0.05) is 6.07 Å². The number of halogens is 1. The van der Waals surface area contributed by atoms with Gasteiger partial charge in [0.15, 0.2) is 5.65 Å². The number of hydrogen-bond donors (Lipinski definition) is 3. The standard InChI is InChI=1S/C12H9FN4O3/c1-20-6-4-2-3-5(13)7(6)9-14-8-10(15-9)16-12(19)17-11(8)18/h2-4H,1H3,(H3,14,15,16,17,18,19). The minimum absolute atomic E-state index is 0.0547. The SMILES string of the molecule is COc1cccc(F)c1-c1nc2[nH]c(=O)[nH]c(=O)c2[nH]1. The second-order valence-corrected chi connectivity index (χ2v) is 4.03. The zero-order chi connectivity index (χ0) is 14.3. The van der Waals surface area contributed by atoms with Gasteiger partial charge in [-0.25, -0.2) is 14.2 Å². The fourth-order valence-corrected chi connectivity index (χ4v) is 1.96. The average molecular weight is 276 g/mol. The van der Waals surface area contributed by atoms with Gasteiger partial charge in [-0.2, -0.15) is 0 Å². The van der Waals surface area contributed by atoms with E-state index in [0.717, 1.165) is 0 Å². The molecule has 2 heterocycles. The zero-order valence-corrected chi connectivity index (χ0v) is 10.3. The monoisotopic (exact) mass is 276 g/mol. The third-order valence-electron chi connectivity index (χ3n) is 2.82. The van der Waals surface area contributed by atoms with Crippen LogP contribution in [-0.4, -0.2) is 27.0 Å². The Morgan fingerprint density at radius 3 is 2.75 bits per heavy atom. The summed E-state index contributed by atoms with van der Waals surface area (Å²) in [7, 11) is 1.40. The largest absolute Gasteiger partial charge is 0.496 e. The number of H-pyrrole nitrogens is 3. The van der Waals surface area contributed by atoms with Crippen LogP contribution < -0.4 is 16.0 Å². The molecule has 0 aliphatic heterocycles. The van der Waals surface area contributed by atoms with E-state index in [1.165, 1.54) is 19.2 Å². The number of nitrogens with one attached hydrogen (secondary N) is 3. The number of imidazole rings is 1. The Balaban J connectivity index is 2.34. The van der Waals surface area contributed by atoms with Gasteiger partial charge in [-0.15, -0.1) is 0 Å². The van der Waals surface area contributed by atoms with E-state index in [0.29, 0.717) is 0 Å². The molecule has 0 spiro atoms. The molecule has 0 saturated carbocycles. The molecular weight excluding hydrogens is 267 g/mol. The highest BCUT2D eigenvalue weighted by Gasteiger charge is 2.17. The summed E-state index contributed by atoms with van der Waals surface area (Å²) in [5.74, 6) is -0.188. The fraction of sp³-hybridized carbons (Fsp3) is 0.0833. The molecule has 2 aromatic heterocycles. The Hall–Kier alpha value is -2.90. The molecule has 0 aliphatic rings. The minimum Gasteiger partial charge on any atom is -0.496 e. The topological polar surface area (TPSA) is 104 Å². The van der Waals surface area contributed by atoms with E-state index in [1.807, 2.05) is 0 Å². The Morgan fingerprint density at radius 1 is 1.20 bits per heavy atom. The highest BCUT2D eigenvalue weighted by Crippen LogP contribution is 2.30. The smallest absolute Gasteiger partial charge is 0.327 e. The van der Waals surface area contributed by atoms with Gasteiger partial charge in [0.1, 0.15) is 22.9 Å². The first-order valence-electron chi connectivity index (χ1n) is 5.65. The van der Waals surface area contributed by atoms with E-state index >= 15 is 0 Å². The normalized spacial score (nSPS) is 10.9. The van der Waals surface area contributed by atoms with Crippen molar-refractivity contribution in [2.75, 3.05) is 7.11 Å². The molecule has 8 heteroatoms. The molecule has 0 aliphatic carbocycles. The minimum atomic E-state index is -0.680. The molecule has 20 heavy (non-hydrogen) atoms. The lowest BCUT2D eigenvalue weighted by Crippen LogP contribution is -2.21. The predicted molar refractivity (Wildman–Crippen MR) is 69.3 cm³/mol. The molecule has 3 rings (SSSR count). The van der Waals surface area contributed by atoms with Crippen LogP contribution in [0.4, 0.5) is 4.39 Å². The van der Waals surface area contributed by atoms with E-state index in [4.69, 9.17) is 4.74 Å². The predicted octanol–water partition coefficient (Wildman–Crippen LogP) is 0.754. The number of ether oxygens (including phenoxy) is 1. The van der Waals surface area contributed by atoms with E-state index in [2.05, 4.69) is 19.9 Å². The van der Waals surface area contributed by atoms with Crippen LogP contribution in [0.2, 0.25) is 0 Å². The number of hydrogen-bond acceptors (Lipinski definition) is 4. The van der Waals surface area contributed by atoms with E-state index in [-0.39, 0.29) is 28.3 Å². The summed E-state index contributed by atoms with van der Waals surface area (Å²) in [6.07, 6.45) is 0. The van der Waals surface area contributed by atoms with Gasteiger partial charge in [0.05, 0.1) is 12.7 Å². The first-order valence-corrected chi connectivity index (χ1v) is 5.65. The maximum absolute atomic E-state index is 13.9. The maximum Gasteiger partial charge on any atom is 0.327 e. The van der Waals surface area contributed by atoms with Crippen molar-refractivity contribution in [2.24, 2.45) is 0 Å². The van der Waals surface area contributed by atoms with Crippen LogP contribution in [0.15, 0.2) is 27.8 Å². The Bertz CT molecular complexity index is 909. The quantitative estimate of drug-likeness (QED) is 0.642. The highest BCUT2D eigenvalue weighted by atomic mass is 19.1. The molecule has 3 N–H and O–H groups in total. The Labute approximate surface area is 110 Å². The number of methoxy groups -OCH3 is 1. The molecule has 0 saturated heterocycles. The molecule has 0 amide bonds. The van der Waals surface area contributed by atoms with Gasteiger partial charge in [-0.05, 0) is 12.1 Å². The zero-order valence-electron chi connectivity index (χ0n) is 10.3. The van der Waals surface area contributed by atoms with Crippen LogP contribution in [0.5, 0.6) is 5.75 Å². The van der Waals surface area contributed by atoms with Crippen molar-refractivity contribution in [1.29, 1.82) is 0 Å². The van der Waals surface area contributed by atoms with Gasteiger partial charge in [0, 0.05) is 0 Å². The maximum atomic E-state index is 13.9. The van der Waals surface area contributed by atoms with Gasteiger partial charge in [-0.3, -0.25) is 14.8 Å². The molecule has 0 bridgehead atoms.